The summed E-state index contributed by atoms with van der Waals surface area (Å²) in [4.78, 5) is 6.02. The molecule has 9 aliphatic carbocycles. The molecule has 0 aromatic rings. The van der Waals surface area contributed by atoms with E-state index in [1.165, 1.54) is 63.3 Å². The fourth-order valence-corrected chi connectivity index (χ4v) is 16.1. The molecule has 0 spiro atoms. The zero-order chi connectivity index (χ0) is 44.4. The predicted molar refractivity (Wildman–Crippen MR) is 271 cm³/mol. The fourth-order valence-electron chi connectivity index (χ4n) is 16.1. The summed E-state index contributed by atoms with van der Waals surface area (Å²) in [6.45, 7) is 7.29. The molecule has 344 valence electrons. The predicted octanol–water partition coefficient (Wildman–Crippen LogP) is 15.1. The Morgan fingerprint density at radius 3 is 2.21 bits per heavy atom. The summed E-state index contributed by atoms with van der Waals surface area (Å²) in [7, 11) is 0. The van der Waals surface area contributed by atoms with E-state index in [4.69, 9.17) is 14.5 Å². The van der Waals surface area contributed by atoms with Gasteiger partial charge in [-0.25, -0.2) is 0 Å². The van der Waals surface area contributed by atoms with E-state index in [2.05, 4.69) is 129 Å². The molecule has 3 heterocycles. The summed E-state index contributed by atoms with van der Waals surface area (Å²) in [6, 6.07) is 0.124. The number of rotatable bonds is 7. The van der Waals surface area contributed by atoms with Crippen LogP contribution < -0.4 is 5.32 Å². The molecule has 1 saturated heterocycles. The summed E-state index contributed by atoms with van der Waals surface area (Å²) in [5.41, 5.74) is 13.0. The second kappa shape index (κ2) is 17.6. The van der Waals surface area contributed by atoms with E-state index < -0.39 is 0 Å². The average Bonchev–Trinajstić information content (AvgIpc) is 3.91. The third-order valence-corrected chi connectivity index (χ3v) is 18.5. The van der Waals surface area contributed by atoms with Crippen LogP contribution in [0.5, 0.6) is 0 Å². The lowest BCUT2D eigenvalue weighted by molar-refractivity contribution is -0.0304. The van der Waals surface area contributed by atoms with E-state index >= 15 is 0 Å². The lowest BCUT2D eigenvalue weighted by atomic mass is 9.50. The zero-order valence-corrected chi connectivity index (χ0v) is 40.2. The number of allylic oxidation sites excluding steroid dienone is 24. The minimum atomic E-state index is -0.186. The number of fused-ring (bicyclic) bond motifs is 3. The van der Waals surface area contributed by atoms with Crippen molar-refractivity contribution in [1.82, 2.24) is 5.32 Å². The highest BCUT2D eigenvalue weighted by atomic mass is 16.5. The molecular formula is C62H74N2O2. The molecule has 0 saturated carbocycles. The van der Waals surface area contributed by atoms with Gasteiger partial charge in [0.15, 0.2) is 0 Å². The van der Waals surface area contributed by atoms with Gasteiger partial charge in [0.2, 0.25) is 0 Å². The molecule has 0 bridgehead atoms. The number of nitrogens with one attached hydrogen (secondary N) is 1. The van der Waals surface area contributed by atoms with Gasteiger partial charge >= 0.3 is 0 Å². The molecule has 12 aliphatic rings. The molecule has 4 nitrogen and oxygen atoms in total. The van der Waals surface area contributed by atoms with Crippen molar-refractivity contribution in [1.29, 1.82) is 0 Å². The van der Waals surface area contributed by atoms with E-state index in [1.54, 1.807) is 5.57 Å². The maximum Gasteiger partial charge on any atom is 0.136 e. The molecule has 3 aliphatic heterocycles. The van der Waals surface area contributed by atoms with Gasteiger partial charge in [-0.2, -0.15) is 0 Å². The minimum Gasteiger partial charge on any atom is -0.486 e. The van der Waals surface area contributed by atoms with E-state index in [1.807, 2.05) is 0 Å². The first-order valence-corrected chi connectivity index (χ1v) is 26.8. The van der Waals surface area contributed by atoms with E-state index in [0.717, 1.165) is 121 Å². The van der Waals surface area contributed by atoms with Crippen LogP contribution >= 0.6 is 0 Å². The molecule has 1 N–H and O–H groups in total. The van der Waals surface area contributed by atoms with Crippen LogP contribution in [0.25, 0.3) is 0 Å². The van der Waals surface area contributed by atoms with Crippen LogP contribution in [0.4, 0.5) is 0 Å². The second-order valence-corrected chi connectivity index (χ2v) is 22.2. The number of hydrogen-bond donors (Lipinski definition) is 1. The summed E-state index contributed by atoms with van der Waals surface area (Å²) >= 11 is 0. The highest BCUT2D eigenvalue weighted by Gasteiger charge is 2.60. The van der Waals surface area contributed by atoms with Crippen LogP contribution in [0.3, 0.4) is 0 Å². The van der Waals surface area contributed by atoms with Gasteiger partial charge in [-0.15, -0.1) is 0 Å². The largest absolute Gasteiger partial charge is 0.486 e. The van der Waals surface area contributed by atoms with Gasteiger partial charge in [-0.1, -0.05) is 111 Å². The molecule has 1 fully saturated rings. The van der Waals surface area contributed by atoms with Crippen LogP contribution in [0, 0.1) is 46.3 Å². The molecule has 0 amide bonds. The maximum absolute atomic E-state index is 7.60. The van der Waals surface area contributed by atoms with Crippen LogP contribution in [0.1, 0.15) is 143 Å². The summed E-state index contributed by atoms with van der Waals surface area (Å²) in [5, 5.41) is 4.40. The second-order valence-electron chi connectivity index (χ2n) is 22.2. The Morgan fingerprint density at radius 2 is 1.42 bits per heavy atom. The van der Waals surface area contributed by atoms with Gasteiger partial charge in [0.25, 0.3) is 0 Å². The highest BCUT2D eigenvalue weighted by molar-refractivity contribution is 6.03. The Labute approximate surface area is 396 Å². The third-order valence-electron chi connectivity index (χ3n) is 18.5. The minimum absolute atomic E-state index is 0.00252. The van der Waals surface area contributed by atoms with Crippen LogP contribution in [0.2, 0.25) is 0 Å². The monoisotopic (exact) mass is 879 g/mol. The van der Waals surface area contributed by atoms with Gasteiger partial charge in [-0.3, -0.25) is 10.3 Å². The standard InChI is InChI=1S/C62H74N2O2/c1-40-37-41(2)57(42(3)38-40)60-63-53(47-29-19-33-51-58(47)65-55-35-17-15-31-49(55)61(51,43-21-7-4-8-22-43)44-23-9-5-10-24-44)39-54(64-60)48-30-20-34-52-59(48)66-56-36-18-16-32-50(56)62(52,46-27-13-14-28-46)45-25-11-6-12-26-45/h4,7,9,11,13-14,18,23-26,29,31,34-37,41-43,46,51,53,57-58,60,63H,5-6,8,10,12,15-17,19-22,27-28,30,32-33,38-39H2,1-3H3. The lowest BCUT2D eigenvalue weighted by Gasteiger charge is -2.58. The van der Waals surface area contributed by atoms with Gasteiger partial charge in [0, 0.05) is 52.1 Å². The summed E-state index contributed by atoms with van der Waals surface area (Å²) in [6.07, 6.45) is 63.5. The van der Waals surface area contributed by atoms with E-state index in [0.29, 0.717) is 35.5 Å². The zero-order valence-electron chi connectivity index (χ0n) is 40.2. The molecule has 10 unspecified atom stereocenters. The first kappa shape index (κ1) is 42.9. The number of nitrogens with zero attached hydrogens (tertiary/aromatic N) is 1. The van der Waals surface area contributed by atoms with Crippen LogP contribution in [-0.2, 0) is 9.47 Å². The summed E-state index contributed by atoms with van der Waals surface area (Å²) in [5.74, 6) is 6.19. The number of hydrogen-bond acceptors (Lipinski definition) is 4. The van der Waals surface area contributed by atoms with Crippen molar-refractivity contribution in [2.24, 2.45) is 51.3 Å². The van der Waals surface area contributed by atoms with E-state index in [-0.39, 0.29) is 29.1 Å². The van der Waals surface area contributed by atoms with E-state index in [9.17, 15) is 0 Å². The topological polar surface area (TPSA) is 42.9 Å². The molecule has 12 rings (SSSR count). The maximum atomic E-state index is 7.60. The van der Waals surface area contributed by atoms with Crippen LogP contribution in [-0.4, -0.2) is 24.0 Å². The van der Waals surface area contributed by atoms with Crippen molar-refractivity contribution in [3.8, 4) is 0 Å². The summed E-state index contributed by atoms with van der Waals surface area (Å²) < 4.78 is 15.0. The van der Waals surface area contributed by atoms with Crippen molar-refractivity contribution in [3.05, 3.63) is 165 Å². The third kappa shape index (κ3) is 6.87. The number of aliphatic imine (C=N–C) groups is 1. The normalized spacial score (nSPS) is 38.5. The molecule has 66 heavy (non-hydrogen) atoms. The van der Waals surface area contributed by atoms with Gasteiger partial charge in [0.05, 0.1) is 5.41 Å². The molecule has 0 aromatic heterocycles. The van der Waals surface area contributed by atoms with Crippen molar-refractivity contribution in [2.75, 3.05) is 0 Å². The lowest BCUT2D eigenvalue weighted by Crippen LogP contribution is -2.57. The number of ether oxygens (including phenoxy) is 2. The molecule has 10 atom stereocenters. The highest BCUT2D eigenvalue weighted by Crippen LogP contribution is 2.65. The molecular weight excluding hydrogens is 805 g/mol. The molecule has 0 aromatic carbocycles. The first-order valence-electron chi connectivity index (χ1n) is 26.8. The Bertz CT molecular complexity index is 2490. The van der Waals surface area contributed by atoms with Crippen LogP contribution in [0.15, 0.2) is 170 Å². The Hall–Kier alpha value is -4.41. The van der Waals surface area contributed by atoms with Crippen molar-refractivity contribution < 1.29 is 9.47 Å². The van der Waals surface area contributed by atoms with Crippen molar-refractivity contribution in [3.63, 3.8) is 0 Å². The average molecular weight is 879 g/mol. The smallest absolute Gasteiger partial charge is 0.136 e. The van der Waals surface area contributed by atoms with Gasteiger partial charge in [0.1, 0.15) is 29.5 Å². The SMILES string of the molecule is CC1=CC(C)C(C2N=C(C3=C4OC5=C(CCC=C5)C(C5=CCCC=C5)(C5CC=CC5)C4=CCC3)CC(C3=CCCC4C3OC3=CCCC=C3C4(C3=CCCC=C3)C3CC=CCC3)N2)C(C)C1. The fraction of sp³-hybridized carbons (Fsp3) is 0.532. The Balaban J connectivity index is 0.996. The first-order chi connectivity index (χ1) is 32.5. The Kier molecular flexibility index (Phi) is 11.4. The Morgan fingerprint density at radius 1 is 0.667 bits per heavy atom. The van der Waals surface area contributed by atoms with Crippen molar-refractivity contribution >= 4 is 5.71 Å². The van der Waals surface area contributed by atoms with Crippen molar-refractivity contribution in [2.45, 2.75) is 161 Å². The quantitative estimate of drug-likeness (QED) is 0.259. The molecule has 4 heteroatoms. The van der Waals surface area contributed by atoms with Gasteiger partial charge < -0.3 is 9.47 Å². The molecule has 0 radical (unpaired) electrons. The van der Waals surface area contributed by atoms with Gasteiger partial charge in [-0.05, 0) is 181 Å².